The summed E-state index contributed by atoms with van der Waals surface area (Å²) in [5.74, 6) is 3.64. The molecule has 4 fully saturated rings. The maximum atomic E-state index is 13.1. The number of aryl methyl sites for hydroxylation is 1. The summed E-state index contributed by atoms with van der Waals surface area (Å²) >= 11 is 0. The van der Waals surface area contributed by atoms with Gasteiger partial charge in [-0.1, -0.05) is 12.1 Å². The Balaban J connectivity index is 1.29. The fourth-order valence-corrected chi connectivity index (χ4v) is 7.01. The number of hydrogen-bond donors (Lipinski definition) is 1. The molecule has 4 saturated carbocycles. The summed E-state index contributed by atoms with van der Waals surface area (Å²) in [6, 6.07) is 8.04. The molecule has 1 heterocycles. The van der Waals surface area contributed by atoms with E-state index in [0.29, 0.717) is 13.0 Å². The van der Waals surface area contributed by atoms with Gasteiger partial charge in [-0.2, -0.15) is 5.10 Å². The molecule has 4 bridgehead atoms. The van der Waals surface area contributed by atoms with Crippen molar-refractivity contribution in [2.75, 3.05) is 12.4 Å². The van der Waals surface area contributed by atoms with Gasteiger partial charge in [0.05, 0.1) is 30.7 Å². The van der Waals surface area contributed by atoms with Gasteiger partial charge >= 0.3 is 0 Å². The maximum Gasteiger partial charge on any atom is 0.225 e. The normalized spacial score (nSPS) is 29.2. The molecule has 160 valence electrons. The summed E-state index contributed by atoms with van der Waals surface area (Å²) in [5, 5.41) is 7.94. The molecule has 1 aromatic heterocycles. The molecule has 2 aromatic rings. The molecule has 4 aliphatic carbocycles. The summed E-state index contributed by atoms with van der Waals surface area (Å²) in [5.41, 5.74) is 4.17. The molecule has 0 spiro atoms. The molecule has 0 radical (unpaired) electrons. The Morgan fingerprint density at radius 1 is 1.17 bits per heavy atom. The van der Waals surface area contributed by atoms with Crippen LogP contribution in [0.25, 0.3) is 0 Å². The van der Waals surface area contributed by atoms with E-state index in [1.807, 2.05) is 36.7 Å². The number of aromatic nitrogens is 2. The van der Waals surface area contributed by atoms with Gasteiger partial charge in [0.15, 0.2) is 0 Å². The number of carbonyl (C=O) groups is 1. The van der Waals surface area contributed by atoms with E-state index in [-0.39, 0.29) is 11.3 Å². The van der Waals surface area contributed by atoms with E-state index >= 15 is 0 Å². The van der Waals surface area contributed by atoms with Crippen molar-refractivity contribution in [2.24, 2.45) is 23.2 Å². The highest BCUT2D eigenvalue weighted by atomic mass is 16.5. The predicted octanol–water partition coefficient (Wildman–Crippen LogP) is 5.10. The van der Waals surface area contributed by atoms with Crippen molar-refractivity contribution in [1.82, 2.24) is 9.78 Å². The highest BCUT2D eigenvalue weighted by molar-refractivity contribution is 5.92. The average molecular weight is 408 g/mol. The van der Waals surface area contributed by atoms with E-state index in [9.17, 15) is 4.79 Å². The fourth-order valence-electron chi connectivity index (χ4n) is 7.01. The molecule has 1 N–H and O–H groups in total. The quantitative estimate of drug-likeness (QED) is 0.725. The second-order valence-corrected chi connectivity index (χ2v) is 10.2. The number of benzene rings is 1. The molecular formula is C25H33N3O2. The number of carbonyl (C=O) groups excluding carboxylic acids is 1. The third-order valence-corrected chi connectivity index (χ3v) is 7.81. The zero-order valence-corrected chi connectivity index (χ0v) is 18.4. The molecule has 5 nitrogen and oxygen atoms in total. The molecule has 0 saturated heterocycles. The lowest BCUT2D eigenvalue weighted by Gasteiger charge is -2.56. The SMILES string of the molecule is COc1cccc(Cn2nc(C)c(NC(=O)CC34CC5CC(CC(C5)C3)C4)c2C)c1. The van der Waals surface area contributed by atoms with Gasteiger partial charge in [-0.3, -0.25) is 9.48 Å². The lowest BCUT2D eigenvalue weighted by molar-refractivity contribution is -0.124. The fraction of sp³-hybridized carbons (Fsp3) is 0.600. The number of nitrogens with one attached hydrogen (secondary N) is 1. The van der Waals surface area contributed by atoms with E-state index in [1.165, 1.54) is 38.5 Å². The van der Waals surface area contributed by atoms with Crippen LogP contribution in [0.4, 0.5) is 5.69 Å². The lowest BCUT2D eigenvalue weighted by atomic mass is 9.49. The minimum absolute atomic E-state index is 0.170. The minimum Gasteiger partial charge on any atom is -0.497 e. The first kappa shape index (κ1) is 19.7. The first-order valence-corrected chi connectivity index (χ1v) is 11.4. The number of nitrogens with zero attached hydrogens (tertiary/aromatic N) is 2. The first-order valence-electron chi connectivity index (χ1n) is 11.4. The molecule has 1 amide bonds. The van der Waals surface area contributed by atoms with Gasteiger partial charge in [0, 0.05) is 6.42 Å². The van der Waals surface area contributed by atoms with Gasteiger partial charge in [0.1, 0.15) is 5.75 Å². The van der Waals surface area contributed by atoms with Crippen molar-refractivity contribution >= 4 is 11.6 Å². The molecule has 0 atom stereocenters. The molecule has 4 aliphatic rings. The Morgan fingerprint density at radius 2 is 1.83 bits per heavy atom. The third-order valence-electron chi connectivity index (χ3n) is 7.81. The van der Waals surface area contributed by atoms with Crippen molar-refractivity contribution in [3.8, 4) is 5.75 Å². The summed E-state index contributed by atoms with van der Waals surface area (Å²) in [7, 11) is 1.68. The topological polar surface area (TPSA) is 56.1 Å². The molecule has 6 rings (SSSR count). The molecule has 0 unspecified atom stereocenters. The van der Waals surface area contributed by atoms with Gasteiger partial charge in [-0.05, 0) is 93.2 Å². The van der Waals surface area contributed by atoms with Gasteiger partial charge in [0.2, 0.25) is 5.91 Å². The first-order chi connectivity index (χ1) is 14.4. The Bertz CT molecular complexity index is 926. The Morgan fingerprint density at radius 3 is 2.47 bits per heavy atom. The number of anilines is 1. The summed E-state index contributed by atoms with van der Waals surface area (Å²) in [6.45, 7) is 4.69. The second-order valence-electron chi connectivity index (χ2n) is 10.2. The standard InChI is InChI=1S/C25H33N3O2/c1-16-24(17(2)28(27-16)15-18-5-4-6-22(10-18)30-3)26-23(29)14-25-11-19-7-20(12-25)9-21(8-19)13-25/h4-6,10,19-21H,7-9,11-15H2,1-3H3,(H,26,29). The van der Waals surface area contributed by atoms with E-state index in [1.54, 1.807) is 7.11 Å². The molecule has 5 heteroatoms. The van der Waals surface area contributed by atoms with Crippen molar-refractivity contribution in [2.45, 2.75) is 65.3 Å². The third kappa shape index (κ3) is 3.63. The minimum atomic E-state index is 0.170. The Hall–Kier alpha value is -2.30. The van der Waals surface area contributed by atoms with E-state index in [4.69, 9.17) is 9.84 Å². The highest BCUT2D eigenvalue weighted by Gasteiger charge is 2.51. The van der Waals surface area contributed by atoms with Crippen LogP contribution < -0.4 is 10.1 Å². The van der Waals surface area contributed by atoms with Crippen molar-refractivity contribution in [3.05, 3.63) is 41.2 Å². The van der Waals surface area contributed by atoms with Gasteiger partial charge in [0.25, 0.3) is 0 Å². The second kappa shape index (κ2) is 7.44. The van der Waals surface area contributed by atoms with E-state index in [2.05, 4.69) is 11.4 Å². The van der Waals surface area contributed by atoms with Crippen LogP contribution >= 0.6 is 0 Å². The summed E-state index contributed by atoms with van der Waals surface area (Å²) < 4.78 is 7.31. The molecule has 1 aromatic carbocycles. The Kier molecular flexibility index (Phi) is 4.87. The van der Waals surface area contributed by atoms with Crippen LogP contribution in [-0.2, 0) is 11.3 Å². The van der Waals surface area contributed by atoms with Crippen molar-refractivity contribution < 1.29 is 9.53 Å². The largest absolute Gasteiger partial charge is 0.497 e. The van der Waals surface area contributed by atoms with Crippen LogP contribution in [-0.4, -0.2) is 22.8 Å². The van der Waals surface area contributed by atoms with Gasteiger partial charge in [-0.25, -0.2) is 0 Å². The van der Waals surface area contributed by atoms with Crippen molar-refractivity contribution in [1.29, 1.82) is 0 Å². The maximum absolute atomic E-state index is 13.1. The number of amides is 1. The number of methoxy groups -OCH3 is 1. The summed E-state index contributed by atoms with van der Waals surface area (Å²) in [4.78, 5) is 13.1. The molecule has 30 heavy (non-hydrogen) atoms. The van der Waals surface area contributed by atoms with Crippen LogP contribution in [0.1, 0.15) is 61.9 Å². The molecular weight excluding hydrogens is 374 g/mol. The predicted molar refractivity (Wildman–Crippen MR) is 118 cm³/mol. The zero-order valence-electron chi connectivity index (χ0n) is 18.4. The number of hydrogen-bond acceptors (Lipinski definition) is 3. The van der Waals surface area contributed by atoms with Crippen molar-refractivity contribution in [3.63, 3.8) is 0 Å². The zero-order chi connectivity index (χ0) is 20.9. The van der Waals surface area contributed by atoms with Crippen LogP contribution in [0.2, 0.25) is 0 Å². The van der Waals surface area contributed by atoms with Gasteiger partial charge in [-0.15, -0.1) is 0 Å². The smallest absolute Gasteiger partial charge is 0.225 e. The number of rotatable bonds is 6. The van der Waals surface area contributed by atoms with E-state index < -0.39 is 0 Å². The van der Waals surface area contributed by atoms with E-state index in [0.717, 1.165) is 46.1 Å². The Labute approximate surface area is 179 Å². The van der Waals surface area contributed by atoms with Gasteiger partial charge < -0.3 is 10.1 Å². The monoisotopic (exact) mass is 407 g/mol. The van der Waals surface area contributed by atoms with Crippen LogP contribution in [0.5, 0.6) is 5.75 Å². The van der Waals surface area contributed by atoms with Crippen LogP contribution in [0.3, 0.4) is 0 Å². The average Bonchev–Trinajstić information content (AvgIpc) is 2.94. The molecule has 0 aliphatic heterocycles. The summed E-state index contributed by atoms with van der Waals surface area (Å²) in [6.07, 6.45) is 8.71. The number of ether oxygens (including phenoxy) is 1. The van der Waals surface area contributed by atoms with Crippen LogP contribution in [0.15, 0.2) is 24.3 Å². The van der Waals surface area contributed by atoms with Crippen LogP contribution in [0, 0.1) is 37.0 Å². The lowest BCUT2D eigenvalue weighted by Crippen LogP contribution is -2.47. The highest BCUT2D eigenvalue weighted by Crippen LogP contribution is 2.61.